The van der Waals surface area contributed by atoms with E-state index in [9.17, 15) is 26.4 Å². The molecule has 0 bridgehead atoms. The molecule has 2 aromatic heterocycles. The Hall–Kier alpha value is -5.22. The Kier molecular flexibility index (Phi) is 9.96. The standard InChI is InChI=1S/C34H26N4O7S4/c39-31(21-48(41,42)27-7-3-1-4-8-27)37-33-35-29(19-46-33)23-11-15-25(16-12-23)45-26-17-13-24(14-18-26)30-20-47-34(36-30)38-32(40)22-49(43,44)28-9-5-2-6-10-28/h1-20H,21-22H2,(H,35,37,39)(H,36,38,40). The molecule has 248 valence electrons. The summed E-state index contributed by atoms with van der Waals surface area (Å²) in [6.07, 6.45) is 0. The number of amides is 2. The largest absolute Gasteiger partial charge is 0.457 e. The fourth-order valence-electron chi connectivity index (χ4n) is 4.53. The van der Waals surface area contributed by atoms with Gasteiger partial charge < -0.3 is 15.4 Å². The van der Waals surface area contributed by atoms with Gasteiger partial charge in [0.15, 0.2) is 29.9 Å². The van der Waals surface area contributed by atoms with Gasteiger partial charge in [-0.2, -0.15) is 0 Å². The summed E-state index contributed by atoms with van der Waals surface area (Å²) in [6, 6.07) is 30.0. The average Bonchev–Trinajstić information content (AvgIpc) is 3.76. The summed E-state index contributed by atoms with van der Waals surface area (Å²) < 4.78 is 55.9. The molecule has 2 N–H and O–H groups in total. The molecule has 0 radical (unpaired) electrons. The first-order valence-electron chi connectivity index (χ1n) is 14.5. The molecular weight excluding hydrogens is 705 g/mol. The molecule has 0 atom stereocenters. The number of hydrogen-bond donors (Lipinski definition) is 2. The van der Waals surface area contributed by atoms with Gasteiger partial charge >= 0.3 is 0 Å². The molecule has 6 rings (SSSR count). The highest BCUT2D eigenvalue weighted by Crippen LogP contribution is 2.31. The number of aromatic nitrogens is 2. The van der Waals surface area contributed by atoms with Gasteiger partial charge in [0.2, 0.25) is 11.8 Å². The van der Waals surface area contributed by atoms with Crippen molar-refractivity contribution in [1.82, 2.24) is 9.97 Å². The van der Waals surface area contributed by atoms with Crippen molar-refractivity contribution in [1.29, 1.82) is 0 Å². The molecule has 4 aromatic carbocycles. The number of carbonyl (C=O) groups is 2. The summed E-state index contributed by atoms with van der Waals surface area (Å²) in [7, 11) is -7.54. The number of sulfone groups is 2. The highest BCUT2D eigenvalue weighted by atomic mass is 32.2. The summed E-state index contributed by atoms with van der Waals surface area (Å²) >= 11 is 2.38. The van der Waals surface area contributed by atoms with Gasteiger partial charge in [0.05, 0.1) is 21.2 Å². The van der Waals surface area contributed by atoms with Crippen molar-refractivity contribution < 1.29 is 31.2 Å². The number of rotatable bonds is 12. The lowest BCUT2D eigenvalue weighted by Crippen LogP contribution is -2.22. The van der Waals surface area contributed by atoms with E-state index in [1.165, 1.54) is 46.9 Å². The summed E-state index contributed by atoms with van der Waals surface area (Å²) in [4.78, 5) is 33.8. The quantitative estimate of drug-likeness (QED) is 0.142. The molecule has 0 saturated heterocycles. The van der Waals surface area contributed by atoms with Crippen LogP contribution in [-0.4, -0.2) is 50.1 Å². The van der Waals surface area contributed by atoms with Crippen molar-refractivity contribution in [2.75, 3.05) is 22.1 Å². The van der Waals surface area contributed by atoms with E-state index in [1.54, 1.807) is 71.4 Å². The van der Waals surface area contributed by atoms with Crippen LogP contribution in [0.4, 0.5) is 10.3 Å². The summed E-state index contributed by atoms with van der Waals surface area (Å²) in [5, 5.41) is 9.22. The van der Waals surface area contributed by atoms with Gasteiger partial charge in [0.1, 0.15) is 23.0 Å². The lowest BCUT2D eigenvalue weighted by atomic mass is 10.1. The predicted molar refractivity (Wildman–Crippen MR) is 189 cm³/mol. The van der Waals surface area contributed by atoms with Crippen LogP contribution in [0.5, 0.6) is 11.5 Å². The smallest absolute Gasteiger partial charge is 0.241 e. The molecule has 0 aliphatic rings. The van der Waals surface area contributed by atoms with Gasteiger partial charge in [0.25, 0.3) is 0 Å². The maximum atomic E-state index is 12.5. The first kappa shape index (κ1) is 33.7. The topological polar surface area (TPSA) is 161 Å². The third-order valence-corrected chi connectivity index (χ3v) is 11.7. The highest BCUT2D eigenvalue weighted by Gasteiger charge is 2.21. The van der Waals surface area contributed by atoms with Crippen molar-refractivity contribution in [3.05, 3.63) is 120 Å². The van der Waals surface area contributed by atoms with E-state index in [0.29, 0.717) is 22.9 Å². The number of carbonyl (C=O) groups excluding carboxylic acids is 2. The zero-order valence-electron chi connectivity index (χ0n) is 25.3. The number of benzene rings is 4. The van der Waals surface area contributed by atoms with E-state index < -0.39 is 43.0 Å². The van der Waals surface area contributed by atoms with Crippen molar-refractivity contribution in [2.45, 2.75) is 9.79 Å². The third kappa shape index (κ3) is 8.63. The molecule has 2 heterocycles. The van der Waals surface area contributed by atoms with Gasteiger partial charge in [-0.25, -0.2) is 26.8 Å². The first-order chi connectivity index (χ1) is 23.5. The Morgan fingerprint density at radius 2 is 0.918 bits per heavy atom. The van der Waals surface area contributed by atoms with Gasteiger partial charge in [0, 0.05) is 21.9 Å². The van der Waals surface area contributed by atoms with Crippen LogP contribution >= 0.6 is 22.7 Å². The lowest BCUT2D eigenvalue weighted by Gasteiger charge is -2.07. The molecule has 6 aromatic rings. The molecule has 15 heteroatoms. The molecule has 0 fully saturated rings. The molecule has 49 heavy (non-hydrogen) atoms. The van der Waals surface area contributed by atoms with Crippen LogP contribution in [-0.2, 0) is 29.3 Å². The van der Waals surface area contributed by atoms with E-state index in [1.807, 2.05) is 24.3 Å². The second-order valence-electron chi connectivity index (χ2n) is 10.5. The van der Waals surface area contributed by atoms with Gasteiger partial charge in [-0.15, -0.1) is 22.7 Å². The summed E-state index contributed by atoms with van der Waals surface area (Å²) in [5.74, 6) is -1.56. The monoisotopic (exact) mass is 730 g/mol. The van der Waals surface area contributed by atoms with E-state index in [0.717, 1.165) is 11.1 Å². The fourth-order valence-corrected chi connectivity index (χ4v) is 8.31. The van der Waals surface area contributed by atoms with Crippen LogP contribution in [0.25, 0.3) is 22.5 Å². The van der Waals surface area contributed by atoms with Crippen molar-refractivity contribution in [3.8, 4) is 34.0 Å². The van der Waals surface area contributed by atoms with Crippen LogP contribution in [0.3, 0.4) is 0 Å². The fraction of sp³-hybridized carbons (Fsp3) is 0.0588. The van der Waals surface area contributed by atoms with Gasteiger partial charge in [-0.1, -0.05) is 36.4 Å². The van der Waals surface area contributed by atoms with Gasteiger partial charge in [-0.3, -0.25) is 9.59 Å². The normalized spacial score (nSPS) is 11.5. The molecule has 0 saturated carbocycles. The molecule has 0 unspecified atom stereocenters. The Labute approximate surface area is 290 Å². The first-order valence-corrected chi connectivity index (χ1v) is 19.6. The Balaban J connectivity index is 1.01. The van der Waals surface area contributed by atoms with Crippen molar-refractivity contribution in [2.24, 2.45) is 0 Å². The van der Waals surface area contributed by atoms with E-state index in [2.05, 4.69) is 20.6 Å². The maximum Gasteiger partial charge on any atom is 0.241 e. The molecule has 0 aliphatic heterocycles. The Morgan fingerprint density at radius 1 is 0.551 bits per heavy atom. The van der Waals surface area contributed by atoms with Gasteiger partial charge in [-0.05, 0) is 72.8 Å². The van der Waals surface area contributed by atoms with Crippen LogP contribution in [0.2, 0.25) is 0 Å². The number of thiazole rings is 2. The molecule has 11 nitrogen and oxygen atoms in total. The number of hydrogen-bond acceptors (Lipinski definition) is 11. The lowest BCUT2D eigenvalue weighted by molar-refractivity contribution is -0.114. The molecule has 0 aliphatic carbocycles. The van der Waals surface area contributed by atoms with E-state index in [4.69, 9.17) is 4.74 Å². The van der Waals surface area contributed by atoms with Crippen molar-refractivity contribution >= 4 is 64.4 Å². The second-order valence-corrected chi connectivity index (χ2v) is 16.2. The second kappa shape index (κ2) is 14.5. The Morgan fingerprint density at radius 3 is 1.29 bits per heavy atom. The summed E-state index contributed by atoms with van der Waals surface area (Å²) in [6.45, 7) is 0. The van der Waals surface area contributed by atoms with Crippen LogP contribution < -0.4 is 15.4 Å². The number of ether oxygens (including phenoxy) is 1. The van der Waals surface area contributed by atoms with Crippen LogP contribution in [0, 0.1) is 0 Å². The minimum Gasteiger partial charge on any atom is -0.457 e. The Bertz CT molecular complexity index is 2140. The zero-order valence-corrected chi connectivity index (χ0v) is 28.6. The zero-order chi connectivity index (χ0) is 34.4. The minimum absolute atomic E-state index is 0.0801. The number of nitrogens with zero attached hydrogens (tertiary/aromatic N) is 2. The van der Waals surface area contributed by atoms with Crippen LogP contribution in [0.1, 0.15) is 0 Å². The van der Waals surface area contributed by atoms with Crippen molar-refractivity contribution in [3.63, 3.8) is 0 Å². The third-order valence-electron chi connectivity index (χ3n) is 6.88. The number of nitrogens with one attached hydrogen (secondary N) is 2. The van der Waals surface area contributed by atoms with Crippen LogP contribution in [0.15, 0.2) is 130 Å². The van der Waals surface area contributed by atoms with E-state index in [-0.39, 0.29) is 20.1 Å². The van der Waals surface area contributed by atoms with E-state index >= 15 is 0 Å². The molecule has 0 spiro atoms. The predicted octanol–water partition coefficient (Wildman–Crippen LogP) is 6.55. The SMILES string of the molecule is O=C(CS(=O)(=O)c1ccccc1)Nc1nc(-c2ccc(Oc3ccc(-c4csc(NC(=O)CS(=O)(=O)c5ccccc5)n4)cc3)cc2)cs1. The summed E-state index contributed by atoms with van der Waals surface area (Å²) in [5.41, 5.74) is 2.78. The maximum absolute atomic E-state index is 12.5. The molecule has 2 amide bonds. The minimum atomic E-state index is -3.77. The molecular formula is C34H26N4O7S4. The average molecular weight is 731 g/mol. The number of anilines is 2. The highest BCUT2D eigenvalue weighted by molar-refractivity contribution is 7.92.